The van der Waals surface area contributed by atoms with Gasteiger partial charge in [0, 0.05) is 5.69 Å². The van der Waals surface area contributed by atoms with Gasteiger partial charge in [-0.1, -0.05) is 32.1 Å². The Bertz CT molecular complexity index is 596. The van der Waals surface area contributed by atoms with Gasteiger partial charge in [0.05, 0.1) is 0 Å². The Kier molecular flexibility index (Phi) is 2.90. The summed E-state index contributed by atoms with van der Waals surface area (Å²) in [7, 11) is 0. The van der Waals surface area contributed by atoms with Crippen LogP contribution in [0.2, 0.25) is 0 Å². The van der Waals surface area contributed by atoms with E-state index in [1.54, 1.807) is 11.3 Å². The van der Waals surface area contributed by atoms with Crippen LogP contribution in [0.1, 0.15) is 38.4 Å². The second-order valence-electron chi connectivity index (χ2n) is 6.22. The van der Waals surface area contributed by atoms with Crippen LogP contribution in [-0.2, 0) is 12.8 Å². The zero-order valence-electron chi connectivity index (χ0n) is 11.0. The van der Waals surface area contributed by atoms with Gasteiger partial charge in [-0.2, -0.15) is 0 Å². The standard InChI is InChI=1S/C14H18N2S2/c1-14(2,3)9-4-5-10-8(6-9)7-11-12(15-10)18-13(17)16-11/h7,9H,4-6H2,1-3H3,(H,16,17). The van der Waals surface area contributed by atoms with Crippen molar-refractivity contribution < 1.29 is 0 Å². The van der Waals surface area contributed by atoms with E-state index in [2.05, 4.69) is 44.5 Å². The molecule has 18 heavy (non-hydrogen) atoms. The molecule has 0 radical (unpaired) electrons. The van der Waals surface area contributed by atoms with E-state index in [4.69, 9.17) is 4.98 Å². The van der Waals surface area contributed by atoms with E-state index in [0.29, 0.717) is 5.41 Å². The summed E-state index contributed by atoms with van der Waals surface area (Å²) in [5, 5.41) is 0. The van der Waals surface area contributed by atoms with E-state index in [9.17, 15) is 0 Å². The molecule has 4 heteroatoms. The highest BCUT2D eigenvalue weighted by molar-refractivity contribution is 7.82. The number of fused-ring (bicyclic) bond motifs is 2. The lowest BCUT2D eigenvalue weighted by Crippen LogP contribution is -2.27. The summed E-state index contributed by atoms with van der Waals surface area (Å²) >= 11 is 5.89. The van der Waals surface area contributed by atoms with Crippen LogP contribution in [0, 0.1) is 11.3 Å². The van der Waals surface area contributed by atoms with E-state index in [0.717, 1.165) is 33.4 Å². The van der Waals surface area contributed by atoms with E-state index in [1.807, 2.05) is 0 Å². The van der Waals surface area contributed by atoms with Crippen LogP contribution in [0.25, 0.3) is 10.3 Å². The molecular formula is C14H18N2S2. The van der Waals surface area contributed by atoms with Crippen molar-refractivity contribution in [3.8, 4) is 0 Å². The minimum atomic E-state index is 0.378. The molecule has 2 heterocycles. The lowest BCUT2D eigenvalue weighted by molar-refractivity contribution is 0.215. The Morgan fingerprint density at radius 1 is 1.33 bits per heavy atom. The lowest BCUT2D eigenvalue weighted by Gasteiger charge is -2.34. The van der Waals surface area contributed by atoms with Gasteiger partial charge in [-0.3, -0.25) is 0 Å². The molecule has 1 atom stereocenters. The fraction of sp³-hybridized carbons (Fsp3) is 0.571. The molecule has 0 saturated heterocycles. The van der Waals surface area contributed by atoms with Gasteiger partial charge in [0.2, 0.25) is 0 Å². The second kappa shape index (κ2) is 4.20. The molecule has 0 fully saturated rings. The number of nitrogens with zero attached hydrogens (tertiary/aromatic N) is 2. The van der Waals surface area contributed by atoms with Crippen LogP contribution in [0.4, 0.5) is 0 Å². The van der Waals surface area contributed by atoms with Gasteiger partial charge in [0.15, 0.2) is 0 Å². The fourth-order valence-corrected chi connectivity index (χ4v) is 3.79. The topological polar surface area (TPSA) is 25.8 Å². The molecular weight excluding hydrogens is 260 g/mol. The zero-order valence-corrected chi connectivity index (χ0v) is 12.7. The predicted molar refractivity (Wildman–Crippen MR) is 79.6 cm³/mol. The normalized spacial score (nSPS) is 20.1. The molecule has 0 aromatic carbocycles. The first-order chi connectivity index (χ1) is 8.43. The Hall–Kier alpha value is -0.610. The second-order valence-corrected chi connectivity index (χ2v) is 7.92. The molecule has 3 rings (SSSR count). The molecule has 1 unspecified atom stereocenters. The first kappa shape index (κ1) is 12.4. The van der Waals surface area contributed by atoms with Crippen molar-refractivity contribution in [3.63, 3.8) is 0 Å². The Labute approximate surface area is 117 Å². The highest BCUT2D eigenvalue weighted by atomic mass is 32.2. The van der Waals surface area contributed by atoms with Crippen LogP contribution in [0.3, 0.4) is 0 Å². The maximum Gasteiger partial charge on any atom is 0.149 e. The maximum atomic E-state index is 4.76. The smallest absolute Gasteiger partial charge is 0.149 e. The van der Waals surface area contributed by atoms with Crippen molar-refractivity contribution in [2.45, 2.75) is 44.4 Å². The first-order valence-corrected chi connectivity index (χ1v) is 7.68. The van der Waals surface area contributed by atoms with E-state index >= 15 is 0 Å². The largest absolute Gasteiger partial charge is 0.240 e. The Balaban J connectivity index is 2.02. The zero-order chi connectivity index (χ0) is 12.9. The van der Waals surface area contributed by atoms with Crippen molar-refractivity contribution in [1.29, 1.82) is 0 Å². The number of aryl methyl sites for hydroxylation is 1. The molecule has 1 aliphatic rings. The monoisotopic (exact) mass is 278 g/mol. The molecule has 96 valence electrons. The number of aromatic nitrogens is 2. The third-order valence-electron chi connectivity index (χ3n) is 3.96. The van der Waals surface area contributed by atoms with Crippen LogP contribution in [0.15, 0.2) is 10.4 Å². The summed E-state index contributed by atoms with van der Waals surface area (Å²) in [6.45, 7) is 7.01. The highest BCUT2D eigenvalue weighted by Gasteiger charge is 2.29. The molecule has 0 N–H and O–H groups in total. The van der Waals surface area contributed by atoms with Gasteiger partial charge in [0.25, 0.3) is 0 Å². The van der Waals surface area contributed by atoms with Crippen molar-refractivity contribution in [2.75, 3.05) is 0 Å². The van der Waals surface area contributed by atoms with Crippen LogP contribution >= 0.6 is 24.0 Å². The van der Waals surface area contributed by atoms with E-state index in [1.165, 1.54) is 17.7 Å². The van der Waals surface area contributed by atoms with E-state index < -0.39 is 0 Å². The molecule has 2 aromatic rings. The summed E-state index contributed by atoms with van der Waals surface area (Å²) in [6.07, 6.45) is 3.50. The molecule has 2 nitrogen and oxygen atoms in total. The van der Waals surface area contributed by atoms with Gasteiger partial charge in [-0.15, -0.1) is 12.6 Å². The SMILES string of the molecule is CC(C)(C)C1CCc2nc3sc(S)nc3cc2C1. The minimum Gasteiger partial charge on any atom is -0.240 e. The van der Waals surface area contributed by atoms with Gasteiger partial charge in [-0.05, 0) is 42.2 Å². The molecule has 1 aliphatic carbocycles. The summed E-state index contributed by atoms with van der Waals surface area (Å²) in [6, 6.07) is 2.23. The highest BCUT2D eigenvalue weighted by Crippen LogP contribution is 2.38. The first-order valence-electron chi connectivity index (χ1n) is 6.42. The lowest BCUT2D eigenvalue weighted by atomic mass is 9.71. The number of pyridine rings is 1. The Morgan fingerprint density at radius 3 is 2.83 bits per heavy atom. The average Bonchev–Trinajstić information content (AvgIpc) is 2.62. The average molecular weight is 278 g/mol. The quantitative estimate of drug-likeness (QED) is 0.733. The van der Waals surface area contributed by atoms with Crippen molar-refractivity contribution >= 4 is 34.3 Å². The maximum absolute atomic E-state index is 4.76. The molecule has 0 bridgehead atoms. The summed E-state index contributed by atoms with van der Waals surface area (Å²) < 4.78 is 0.812. The summed E-state index contributed by atoms with van der Waals surface area (Å²) in [5.41, 5.74) is 4.06. The third-order valence-corrected chi connectivity index (χ3v) is 5.10. The predicted octanol–water partition coefficient (Wildman–Crippen LogP) is 4.13. The van der Waals surface area contributed by atoms with E-state index in [-0.39, 0.29) is 0 Å². The third kappa shape index (κ3) is 2.16. The van der Waals surface area contributed by atoms with Gasteiger partial charge in [0.1, 0.15) is 14.7 Å². The molecule has 0 amide bonds. The van der Waals surface area contributed by atoms with Gasteiger partial charge < -0.3 is 0 Å². The summed E-state index contributed by atoms with van der Waals surface area (Å²) in [5.74, 6) is 0.748. The molecule has 2 aromatic heterocycles. The molecule has 0 aliphatic heterocycles. The molecule has 0 saturated carbocycles. The van der Waals surface area contributed by atoms with Crippen molar-refractivity contribution in [3.05, 3.63) is 17.3 Å². The van der Waals surface area contributed by atoms with Crippen molar-refractivity contribution in [1.82, 2.24) is 9.97 Å². The van der Waals surface area contributed by atoms with Crippen molar-refractivity contribution in [2.24, 2.45) is 11.3 Å². The number of thiol groups is 1. The number of hydrogen-bond acceptors (Lipinski definition) is 4. The number of thiazole rings is 1. The van der Waals surface area contributed by atoms with Crippen LogP contribution < -0.4 is 0 Å². The molecule has 0 spiro atoms. The van der Waals surface area contributed by atoms with Gasteiger partial charge in [-0.25, -0.2) is 9.97 Å². The Morgan fingerprint density at radius 2 is 2.11 bits per heavy atom. The summed E-state index contributed by atoms with van der Waals surface area (Å²) in [4.78, 5) is 10.2. The number of rotatable bonds is 0. The number of hydrogen-bond donors (Lipinski definition) is 1. The minimum absolute atomic E-state index is 0.378. The van der Waals surface area contributed by atoms with Crippen LogP contribution in [0.5, 0.6) is 0 Å². The fourth-order valence-electron chi connectivity index (χ4n) is 2.74. The van der Waals surface area contributed by atoms with Gasteiger partial charge >= 0.3 is 0 Å². The van der Waals surface area contributed by atoms with Crippen LogP contribution in [-0.4, -0.2) is 9.97 Å².